The molecule has 1 heteroatoms. The third-order valence-electron chi connectivity index (χ3n) is 7.97. The predicted molar refractivity (Wildman–Crippen MR) is 171 cm³/mol. The van der Waals surface area contributed by atoms with Crippen LogP contribution in [0.25, 0.3) is 32.3 Å². The van der Waals surface area contributed by atoms with Gasteiger partial charge in [-0.15, -0.1) is 0 Å². The van der Waals surface area contributed by atoms with E-state index in [1.165, 1.54) is 43.4 Å². The van der Waals surface area contributed by atoms with Crippen LogP contribution in [0.2, 0.25) is 0 Å². The largest absolute Gasteiger partial charge is 0.310 e. The third kappa shape index (κ3) is 4.68. The van der Waals surface area contributed by atoms with E-state index in [4.69, 9.17) is 0 Å². The first-order valence-electron chi connectivity index (χ1n) is 14.0. The van der Waals surface area contributed by atoms with Crippen LogP contribution in [0.4, 0.5) is 17.1 Å². The Bertz CT molecular complexity index is 1740. The Hall–Kier alpha value is -4.10. The summed E-state index contributed by atoms with van der Waals surface area (Å²) in [5.41, 5.74) is 6.39. The monoisotopic (exact) mass is 507 g/mol. The zero-order valence-corrected chi connectivity index (χ0v) is 23.9. The molecule has 0 spiro atoms. The van der Waals surface area contributed by atoms with Gasteiger partial charge in [-0.25, -0.2) is 0 Å². The Kier molecular flexibility index (Phi) is 5.99. The van der Waals surface area contributed by atoms with Gasteiger partial charge in [-0.2, -0.15) is 0 Å². The fourth-order valence-electron chi connectivity index (χ4n) is 5.61. The molecule has 0 saturated heterocycles. The molecule has 0 aliphatic carbocycles. The van der Waals surface area contributed by atoms with Gasteiger partial charge in [-0.1, -0.05) is 120 Å². The molecule has 0 aliphatic rings. The highest BCUT2D eigenvalue weighted by Gasteiger charge is 2.19. The Morgan fingerprint density at radius 2 is 0.821 bits per heavy atom. The van der Waals surface area contributed by atoms with E-state index in [0.29, 0.717) is 0 Å². The molecule has 0 aromatic heterocycles. The van der Waals surface area contributed by atoms with Crippen LogP contribution in [0.3, 0.4) is 0 Å². The average Bonchev–Trinajstić information content (AvgIpc) is 2.92. The minimum absolute atomic E-state index is 0.113. The molecular formula is C38H37N. The van der Waals surface area contributed by atoms with E-state index in [2.05, 4.69) is 162 Å². The van der Waals surface area contributed by atoms with Crippen molar-refractivity contribution in [1.29, 1.82) is 0 Å². The van der Waals surface area contributed by atoms with E-state index in [9.17, 15) is 0 Å². The number of hydrogen-bond donors (Lipinski definition) is 0. The Labute approximate surface area is 232 Å². The van der Waals surface area contributed by atoms with E-state index < -0.39 is 0 Å². The van der Waals surface area contributed by atoms with Crippen molar-refractivity contribution >= 4 is 49.4 Å². The van der Waals surface area contributed by atoms with Crippen LogP contribution in [0.5, 0.6) is 0 Å². The van der Waals surface area contributed by atoms with Crippen molar-refractivity contribution < 1.29 is 0 Å². The summed E-state index contributed by atoms with van der Waals surface area (Å²) in [7, 11) is 0. The predicted octanol–water partition coefficient (Wildman–Crippen LogP) is 11.2. The maximum absolute atomic E-state index is 2.39. The summed E-state index contributed by atoms with van der Waals surface area (Å²) in [4.78, 5) is 2.39. The second kappa shape index (κ2) is 9.27. The van der Waals surface area contributed by atoms with E-state index in [0.717, 1.165) is 17.1 Å². The first kappa shape index (κ1) is 25.2. The highest BCUT2D eigenvalue weighted by Crippen LogP contribution is 2.40. The summed E-state index contributed by atoms with van der Waals surface area (Å²) in [6.07, 6.45) is 0. The van der Waals surface area contributed by atoms with Gasteiger partial charge in [-0.3, -0.25) is 0 Å². The molecule has 194 valence electrons. The molecule has 0 fully saturated rings. The fourth-order valence-corrected chi connectivity index (χ4v) is 5.61. The van der Waals surface area contributed by atoms with Crippen molar-refractivity contribution in [3.63, 3.8) is 0 Å². The number of rotatable bonds is 3. The lowest BCUT2D eigenvalue weighted by atomic mass is 9.86. The molecule has 6 aromatic carbocycles. The Morgan fingerprint density at radius 1 is 0.385 bits per heavy atom. The maximum Gasteiger partial charge on any atom is 0.0468 e. The quantitative estimate of drug-likeness (QED) is 0.215. The first-order chi connectivity index (χ1) is 18.6. The van der Waals surface area contributed by atoms with Gasteiger partial charge in [0.2, 0.25) is 0 Å². The molecule has 0 N–H and O–H groups in total. The van der Waals surface area contributed by atoms with Crippen molar-refractivity contribution in [2.75, 3.05) is 4.90 Å². The minimum atomic E-state index is 0.113. The molecule has 0 heterocycles. The third-order valence-corrected chi connectivity index (χ3v) is 7.97. The van der Waals surface area contributed by atoms with Gasteiger partial charge in [-0.05, 0) is 90.7 Å². The lowest BCUT2D eigenvalue weighted by molar-refractivity contribution is 0.590. The topological polar surface area (TPSA) is 3.24 Å². The van der Waals surface area contributed by atoms with Crippen molar-refractivity contribution in [3.05, 3.63) is 126 Å². The summed E-state index contributed by atoms with van der Waals surface area (Å²) in [6.45, 7) is 13.6. The number of anilines is 3. The molecular weight excluding hydrogens is 470 g/mol. The van der Waals surface area contributed by atoms with Crippen LogP contribution in [0, 0.1) is 0 Å². The molecule has 0 aliphatic heterocycles. The smallest absolute Gasteiger partial charge is 0.0468 e. The van der Waals surface area contributed by atoms with E-state index in [-0.39, 0.29) is 10.8 Å². The van der Waals surface area contributed by atoms with E-state index >= 15 is 0 Å². The second-order valence-corrected chi connectivity index (χ2v) is 12.8. The van der Waals surface area contributed by atoms with Gasteiger partial charge in [0.25, 0.3) is 0 Å². The lowest BCUT2D eigenvalue weighted by Gasteiger charge is -2.28. The van der Waals surface area contributed by atoms with E-state index in [1.807, 2.05) is 0 Å². The number of fused-ring (bicyclic) bond motifs is 5. The van der Waals surface area contributed by atoms with Gasteiger partial charge < -0.3 is 4.90 Å². The van der Waals surface area contributed by atoms with Gasteiger partial charge in [0.1, 0.15) is 0 Å². The van der Waals surface area contributed by atoms with Crippen LogP contribution < -0.4 is 4.90 Å². The molecule has 0 saturated carbocycles. The van der Waals surface area contributed by atoms with Crippen LogP contribution in [-0.2, 0) is 10.8 Å². The standard InChI is InChI=1S/C38H37N/c1-37(2,3)28-14-19-30(20-15-28)39(31-21-16-29(17-22-31)38(4,5)6)32-18-11-27-13-23-34-33-10-8-7-9-26(33)12-24-35(34)36(27)25-32/h7-25H,1-6H3. The zero-order chi connectivity index (χ0) is 27.4. The zero-order valence-electron chi connectivity index (χ0n) is 23.9. The number of benzene rings is 6. The van der Waals surface area contributed by atoms with Crippen LogP contribution in [-0.4, -0.2) is 0 Å². The highest BCUT2D eigenvalue weighted by molar-refractivity contribution is 6.17. The SMILES string of the molecule is CC(C)(C)c1ccc(N(c2ccc(C(C)(C)C)cc2)c2ccc3ccc4c5ccccc5ccc4c3c2)cc1. The molecule has 0 unspecified atom stereocenters. The molecule has 1 nitrogen and oxygen atoms in total. The Balaban J connectivity index is 1.55. The summed E-state index contributed by atoms with van der Waals surface area (Å²) in [5, 5.41) is 7.70. The first-order valence-corrected chi connectivity index (χ1v) is 14.0. The highest BCUT2D eigenvalue weighted by atomic mass is 15.1. The summed E-state index contributed by atoms with van der Waals surface area (Å²) in [6, 6.07) is 42.7. The van der Waals surface area contributed by atoms with Gasteiger partial charge >= 0.3 is 0 Å². The van der Waals surface area contributed by atoms with Gasteiger partial charge in [0.05, 0.1) is 0 Å². The Morgan fingerprint density at radius 3 is 1.36 bits per heavy atom. The number of hydrogen-bond acceptors (Lipinski definition) is 1. The molecule has 0 amide bonds. The van der Waals surface area contributed by atoms with Gasteiger partial charge in [0, 0.05) is 17.1 Å². The van der Waals surface area contributed by atoms with Gasteiger partial charge in [0.15, 0.2) is 0 Å². The number of nitrogens with zero attached hydrogens (tertiary/aromatic N) is 1. The molecule has 6 rings (SSSR count). The van der Waals surface area contributed by atoms with Crippen LogP contribution >= 0.6 is 0 Å². The van der Waals surface area contributed by atoms with Crippen molar-refractivity contribution in [2.24, 2.45) is 0 Å². The molecule has 39 heavy (non-hydrogen) atoms. The average molecular weight is 508 g/mol. The lowest BCUT2D eigenvalue weighted by Crippen LogP contribution is -2.14. The normalized spacial score (nSPS) is 12.4. The summed E-state index contributed by atoms with van der Waals surface area (Å²) >= 11 is 0. The van der Waals surface area contributed by atoms with Crippen LogP contribution in [0.15, 0.2) is 115 Å². The summed E-state index contributed by atoms with van der Waals surface area (Å²) < 4.78 is 0. The van der Waals surface area contributed by atoms with Crippen molar-refractivity contribution in [3.8, 4) is 0 Å². The molecule has 0 radical (unpaired) electrons. The van der Waals surface area contributed by atoms with Crippen LogP contribution in [0.1, 0.15) is 52.7 Å². The molecule has 0 bridgehead atoms. The second-order valence-electron chi connectivity index (χ2n) is 12.8. The molecule has 6 aromatic rings. The van der Waals surface area contributed by atoms with E-state index in [1.54, 1.807) is 0 Å². The summed E-state index contributed by atoms with van der Waals surface area (Å²) in [5.74, 6) is 0. The molecule has 0 atom stereocenters. The van der Waals surface area contributed by atoms with Crippen molar-refractivity contribution in [1.82, 2.24) is 0 Å². The maximum atomic E-state index is 2.39. The fraction of sp³-hybridized carbons (Fsp3) is 0.211. The minimum Gasteiger partial charge on any atom is -0.310 e. The van der Waals surface area contributed by atoms with Crippen molar-refractivity contribution in [2.45, 2.75) is 52.4 Å².